The minimum Gasteiger partial charge on any atom is -0.493 e. The Labute approximate surface area is 188 Å². The van der Waals surface area contributed by atoms with E-state index in [1.807, 2.05) is 5.32 Å². The van der Waals surface area contributed by atoms with E-state index in [2.05, 4.69) is 0 Å². The van der Waals surface area contributed by atoms with Crippen LogP contribution in [0.1, 0.15) is 22.8 Å². The summed E-state index contributed by atoms with van der Waals surface area (Å²) in [6.45, 7) is 1.01. The highest BCUT2D eigenvalue weighted by Crippen LogP contribution is 2.37. The maximum Gasteiger partial charge on any atom is 0.418 e. The Kier molecular flexibility index (Phi) is 7.61. The van der Waals surface area contributed by atoms with E-state index in [1.165, 1.54) is 14.2 Å². The molecule has 2 aromatic rings. The van der Waals surface area contributed by atoms with Crippen molar-refractivity contribution in [3.63, 3.8) is 0 Å². The van der Waals surface area contributed by atoms with Crippen LogP contribution in [0, 0.1) is 20.2 Å². The quantitative estimate of drug-likeness (QED) is 0.332. The molecular weight excluding hydrogens is 471 g/mol. The molecule has 0 spiro atoms. The lowest BCUT2D eigenvalue weighted by Crippen LogP contribution is -2.31. The lowest BCUT2D eigenvalue weighted by Gasteiger charge is -2.17. The van der Waals surface area contributed by atoms with Gasteiger partial charge in [0.1, 0.15) is 5.56 Å². The van der Waals surface area contributed by atoms with E-state index >= 15 is 0 Å². The summed E-state index contributed by atoms with van der Waals surface area (Å²) in [7, 11) is 2.41. The first kappa shape index (κ1) is 25.8. The largest absolute Gasteiger partial charge is 0.493 e. The Morgan fingerprint density at radius 2 is 1.59 bits per heavy atom. The number of nitro benzene ring substituents is 2. The number of nitrogens with zero attached hydrogens (tertiary/aromatic N) is 2. The zero-order valence-corrected chi connectivity index (χ0v) is 17.7. The predicted molar refractivity (Wildman–Crippen MR) is 108 cm³/mol. The van der Waals surface area contributed by atoms with E-state index in [4.69, 9.17) is 14.2 Å². The van der Waals surface area contributed by atoms with E-state index in [0.29, 0.717) is 6.07 Å². The molecular formula is C19H16F3N3O9. The van der Waals surface area contributed by atoms with Crippen LogP contribution in [-0.2, 0) is 15.7 Å². The number of methoxy groups -OCH3 is 2. The summed E-state index contributed by atoms with van der Waals surface area (Å²) in [5, 5.41) is 24.0. The average molecular weight is 487 g/mol. The molecule has 12 nitrogen and oxygen atoms in total. The van der Waals surface area contributed by atoms with Crippen LogP contribution in [-0.4, -0.2) is 42.0 Å². The molecule has 1 N–H and O–H groups in total. The van der Waals surface area contributed by atoms with Gasteiger partial charge in [-0.2, -0.15) is 13.2 Å². The van der Waals surface area contributed by atoms with Crippen molar-refractivity contribution in [1.29, 1.82) is 0 Å². The summed E-state index contributed by atoms with van der Waals surface area (Å²) in [4.78, 5) is 45.0. The fraction of sp³-hybridized carbons (Fsp3) is 0.263. The Hall–Kier alpha value is -4.43. The zero-order valence-electron chi connectivity index (χ0n) is 17.7. The molecule has 182 valence electrons. The lowest BCUT2D eigenvalue weighted by molar-refractivity contribution is -0.385. The van der Waals surface area contributed by atoms with Crippen molar-refractivity contribution in [1.82, 2.24) is 0 Å². The number of hydrogen-bond acceptors (Lipinski definition) is 9. The molecule has 34 heavy (non-hydrogen) atoms. The molecule has 2 rings (SSSR count). The first-order valence-corrected chi connectivity index (χ1v) is 9.08. The molecule has 0 bridgehead atoms. The highest BCUT2D eigenvalue weighted by atomic mass is 19.4. The highest BCUT2D eigenvalue weighted by molar-refractivity contribution is 5.99. The lowest BCUT2D eigenvalue weighted by atomic mass is 10.1. The number of anilines is 1. The molecule has 0 unspecified atom stereocenters. The maximum absolute atomic E-state index is 13.3. The van der Waals surface area contributed by atoms with E-state index in [0.717, 1.165) is 25.1 Å². The number of carbonyl (C=O) groups is 2. The Balaban J connectivity index is 2.30. The molecule has 1 amide bonds. The molecule has 0 aromatic heterocycles. The van der Waals surface area contributed by atoms with Crippen LogP contribution in [0.2, 0.25) is 0 Å². The number of nitrogens with one attached hydrogen (secondary N) is 1. The summed E-state index contributed by atoms with van der Waals surface area (Å²) >= 11 is 0. The first-order valence-electron chi connectivity index (χ1n) is 9.08. The number of nitro groups is 2. The molecule has 0 heterocycles. The fourth-order valence-corrected chi connectivity index (χ4v) is 2.68. The first-order chi connectivity index (χ1) is 15.8. The third kappa shape index (κ3) is 5.67. The van der Waals surface area contributed by atoms with Gasteiger partial charge in [-0.15, -0.1) is 0 Å². The third-order valence-corrected chi connectivity index (χ3v) is 4.35. The minimum atomic E-state index is -5.05. The number of ether oxygens (including phenoxy) is 3. The third-order valence-electron chi connectivity index (χ3n) is 4.35. The number of amides is 1. The number of esters is 1. The Bertz CT molecular complexity index is 1150. The van der Waals surface area contributed by atoms with Crippen LogP contribution in [0.25, 0.3) is 0 Å². The van der Waals surface area contributed by atoms with Gasteiger partial charge in [0.15, 0.2) is 17.6 Å². The molecule has 0 saturated heterocycles. The standard InChI is InChI=1S/C19H16F3N3O9/c1-9(17(26)23-13-5-4-10(24(28)29)6-12(13)19(20,21)22)34-18(27)11-7-15(32-2)16(33-3)8-14(11)25(30)31/h4-9H,1-3H3,(H,23,26)/t9-/m0/s1. The summed E-state index contributed by atoms with van der Waals surface area (Å²) in [6.07, 6.45) is -6.76. The van der Waals surface area contributed by atoms with Gasteiger partial charge in [-0.1, -0.05) is 0 Å². The number of carbonyl (C=O) groups excluding carboxylic acids is 2. The number of alkyl halides is 3. The van der Waals surface area contributed by atoms with E-state index < -0.39 is 62.2 Å². The molecule has 0 radical (unpaired) electrons. The fourth-order valence-electron chi connectivity index (χ4n) is 2.68. The molecule has 1 atom stereocenters. The van der Waals surface area contributed by atoms with Crippen molar-refractivity contribution in [3.8, 4) is 11.5 Å². The molecule has 0 fully saturated rings. The smallest absolute Gasteiger partial charge is 0.418 e. The summed E-state index contributed by atoms with van der Waals surface area (Å²) in [5.41, 5.74) is -4.50. The van der Waals surface area contributed by atoms with Gasteiger partial charge in [0, 0.05) is 18.2 Å². The average Bonchev–Trinajstić information content (AvgIpc) is 2.77. The van der Waals surface area contributed by atoms with Crippen LogP contribution < -0.4 is 14.8 Å². The predicted octanol–water partition coefficient (Wildman–Crippen LogP) is 3.72. The Morgan fingerprint density at radius 3 is 2.09 bits per heavy atom. The van der Waals surface area contributed by atoms with Crippen LogP contribution in [0.5, 0.6) is 11.5 Å². The van der Waals surface area contributed by atoms with Crippen molar-refractivity contribution < 1.29 is 46.8 Å². The van der Waals surface area contributed by atoms with Crippen LogP contribution >= 0.6 is 0 Å². The summed E-state index contributed by atoms with van der Waals surface area (Å²) in [6, 6.07) is 3.50. The summed E-state index contributed by atoms with van der Waals surface area (Å²) < 4.78 is 54.6. The molecule has 2 aromatic carbocycles. The number of rotatable bonds is 8. The van der Waals surface area contributed by atoms with Crippen molar-refractivity contribution in [2.75, 3.05) is 19.5 Å². The highest BCUT2D eigenvalue weighted by Gasteiger charge is 2.36. The van der Waals surface area contributed by atoms with Gasteiger partial charge in [-0.05, 0) is 13.0 Å². The zero-order chi connectivity index (χ0) is 25.8. The second-order valence-electron chi connectivity index (χ2n) is 6.50. The Morgan fingerprint density at radius 1 is 1.00 bits per heavy atom. The topological polar surface area (TPSA) is 160 Å². The van der Waals surface area contributed by atoms with Gasteiger partial charge < -0.3 is 19.5 Å². The van der Waals surface area contributed by atoms with Crippen molar-refractivity contribution in [2.24, 2.45) is 0 Å². The van der Waals surface area contributed by atoms with Gasteiger partial charge in [0.05, 0.1) is 41.4 Å². The molecule has 15 heteroatoms. The van der Waals surface area contributed by atoms with Crippen LogP contribution in [0.4, 0.5) is 30.2 Å². The van der Waals surface area contributed by atoms with E-state index in [-0.39, 0.29) is 17.6 Å². The van der Waals surface area contributed by atoms with E-state index in [9.17, 15) is 43.0 Å². The normalized spacial score (nSPS) is 11.8. The second kappa shape index (κ2) is 10.0. The number of hydrogen-bond donors (Lipinski definition) is 1. The minimum absolute atomic E-state index is 0.0575. The van der Waals surface area contributed by atoms with Crippen molar-refractivity contribution >= 4 is 28.9 Å². The molecule has 0 aliphatic rings. The van der Waals surface area contributed by atoms with Gasteiger partial charge in [-0.25, -0.2) is 4.79 Å². The van der Waals surface area contributed by atoms with Gasteiger partial charge >= 0.3 is 12.1 Å². The van der Waals surface area contributed by atoms with Gasteiger partial charge in [-0.3, -0.25) is 25.0 Å². The van der Waals surface area contributed by atoms with Crippen LogP contribution in [0.15, 0.2) is 30.3 Å². The number of benzene rings is 2. The van der Waals surface area contributed by atoms with Crippen molar-refractivity contribution in [2.45, 2.75) is 19.2 Å². The van der Waals surface area contributed by atoms with Gasteiger partial charge in [0.25, 0.3) is 17.3 Å². The SMILES string of the molecule is COc1cc(C(=O)O[C@@H](C)C(=O)Nc2ccc([N+](=O)[O-])cc2C(F)(F)F)c([N+](=O)[O-])cc1OC. The van der Waals surface area contributed by atoms with Crippen LogP contribution in [0.3, 0.4) is 0 Å². The molecule has 0 saturated carbocycles. The monoisotopic (exact) mass is 487 g/mol. The second-order valence-corrected chi connectivity index (χ2v) is 6.50. The van der Waals surface area contributed by atoms with E-state index in [1.54, 1.807) is 0 Å². The van der Waals surface area contributed by atoms with Crippen molar-refractivity contribution in [3.05, 3.63) is 61.7 Å². The maximum atomic E-state index is 13.3. The molecule has 0 aliphatic carbocycles. The number of non-ortho nitro benzene ring substituents is 1. The molecule has 0 aliphatic heterocycles. The summed E-state index contributed by atoms with van der Waals surface area (Å²) in [5.74, 6) is -2.68. The van der Waals surface area contributed by atoms with Gasteiger partial charge in [0.2, 0.25) is 0 Å². The number of halogens is 3.